The molecule has 0 saturated carbocycles. The largest absolute Gasteiger partial charge is 0.359 e. The molecule has 1 heterocycles. The molecule has 0 N–H and O–H groups in total. The Bertz CT molecular complexity index is 401. The zero-order valence-corrected chi connectivity index (χ0v) is 11.4. The minimum atomic E-state index is 0.405. The second-order valence-corrected chi connectivity index (χ2v) is 5.05. The van der Waals surface area contributed by atoms with Crippen LogP contribution in [-0.4, -0.2) is 18.1 Å². The summed E-state index contributed by atoms with van der Waals surface area (Å²) in [4.78, 5) is 4.51. The lowest BCUT2D eigenvalue weighted by Gasteiger charge is -2.28. The molecule has 0 radical (unpaired) electrons. The molecule has 0 amide bonds. The summed E-state index contributed by atoms with van der Waals surface area (Å²) < 4.78 is 1.32. The summed E-state index contributed by atoms with van der Waals surface area (Å²) in [7, 11) is 2.10. The lowest BCUT2D eigenvalue weighted by atomic mass is 10.2. The van der Waals surface area contributed by atoms with Crippen molar-refractivity contribution >= 4 is 28.3 Å². The van der Waals surface area contributed by atoms with E-state index in [2.05, 4.69) is 83.9 Å². The van der Waals surface area contributed by atoms with Crippen molar-refractivity contribution in [3.05, 3.63) is 39.7 Å². The highest BCUT2D eigenvalue weighted by Crippen LogP contribution is 2.29. The van der Waals surface area contributed by atoms with Gasteiger partial charge in [-0.2, -0.15) is 0 Å². The van der Waals surface area contributed by atoms with Gasteiger partial charge in [0.05, 0.1) is 0 Å². The molecule has 2 rings (SSSR count). The van der Waals surface area contributed by atoms with Gasteiger partial charge in [0.25, 0.3) is 0 Å². The molecule has 1 aromatic rings. The second kappa shape index (κ2) is 4.04. The molecule has 0 saturated heterocycles. The van der Waals surface area contributed by atoms with Crippen LogP contribution in [0.4, 0.5) is 5.69 Å². The van der Waals surface area contributed by atoms with Crippen molar-refractivity contribution < 1.29 is 0 Å². The molecular weight excluding hydrogens is 299 g/mol. The van der Waals surface area contributed by atoms with Crippen LogP contribution in [0.1, 0.15) is 12.5 Å². The predicted molar refractivity (Wildman–Crippen MR) is 72.7 cm³/mol. The molecule has 0 fully saturated rings. The van der Waals surface area contributed by atoms with Crippen LogP contribution in [-0.2, 0) is 0 Å². The fourth-order valence-electron chi connectivity index (χ4n) is 1.78. The maximum atomic E-state index is 2.38. The minimum Gasteiger partial charge on any atom is -0.359 e. The Labute approximate surface area is 105 Å². The summed E-state index contributed by atoms with van der Waals surface area (Å²) in [5.74, 6) is 0. The highest BCUT2D eigenvalue weighted by Gasteiger charge is 2.21. The first kappa shape index (κ1) is 10.8. The highest BCUT2D eigenvalue weighted by molar-refractivity contribution is 14.1. The molecule has 0 unspecified atom stereocenters. The fourth-order valence-corrected chi connectivity index (χ4v) is 2.26. The topological polar surface area (TPSA) is 6.48 Å². The number of rotatable bonds is 1. The van der Waals surface area contributed by atoms with E-state index in [-0.39, 0.29) is 0 Å². The average Bonchev–Trinajstić information content (AvgIpc) is 2.53. The van der Waals surface area contributed by atoms with E-state index in [1.807, 2.05) is 0 Å². The van der Waals surface area contributed by atoms with Crippen molar-refractivity contribution in [1.82, 2.24) is 4.90 Å². The summed E-state index contributed by atoms with van der Waals surface area (Å²) in [5, 5.41) is 0. The first-order chi connectivity index (χ1) is 7.11. The van der Waals surface area contributed by atoms with Crippen molar-refractivity contribution in [2.24, 2.45) is 0 Å². The Kier molecular flexibility index (Phi) is 2.91. The maximum Gasteiger partial charge on any atom is 0.102 e. The van der Waals surface area contributed by atoms with Crippen molar-refractivity contribution in [2.75, 3.05) is 11.9 Å². The fraction of sp³-hybridized carbons (Fsp3) is 0.333. The molecule has 0 spiro atoms. The van der Waals surface area contributed by atoms with Crippen LogP contribution in [0.15, 0.2) is 30.6 Å². The Morgan fingerprint density at radius 2 is 2.00 bits per heavy atom. The van der Waals surface area contributed by atoms with E-state index in [4.69, 9.17) is 0 Å². The van der Waals surface area contributed by atoms with Crippen LogP contribution in [0.5, 0.6) is 0 Å². The number of hydrogen-bond donors (Lipinski definition) is 0. The standard InChI is InChI=1S/C12H15IN2/c1-9-11(13)5-4-6-12(9)15-8-7-14(3)10(15)2/h4-8,10H,1-3H3/t10-/m0/s1. The van der Waals surface area contributed by atoms with Gasteiger partial charge in [0.1, 0.15) is 6.17 Å². The normalized spacial score (nSPS) is 20.1. The molecule has 15 heavy (non-hydrogen) atoms. The summed E-state index contributed by atoms with van der Waals surface area (Å²) in [6.45, 7) is 4.38. The summed E-state index contributed by atoms with van der Waals surface area (Å²) in [5.41, 5.74) is 2.65. The predicted octanol–water partition coefficient (Wildman–Crippen LogP) is 3.17. The Morgan fingerprint density at radius 3 is 2.60 bits per heavy atom. The average molecular weight is 314 g/mol. The van der Waals surface area contributed by atoms with E-state index in [0.717, 1.165) is 0 Å². The molecule has 1 aliphatic rings. The van der Waals surface area contributed by atoms with Gasteiger partial charge in [-0.05, 0) is 54.1 Å². The van der Waals surface area contributed by atoms with Crippen molar-refractivity contribution in [3.8, 4) is 0 Å². The van der Waals surface area contributed by atoms with Gasteiger partial charge in [-0.25, -0.2) is 0 Å². The van der Waals surface area contributed by atoms with Crippen molar-refractivity contribution in [1.29, 1.82) is 0 Å². The highest BCUT2D eigenvalue weighted by atomic mass is 127. The zero-order chi connectivity index (χ0) is 11.0. The quantitative estimate of drug-likeness (QED) is 0.735. The summed E-state index contributed by atoms with van der Waals surface area (Å²) in [6.07, 6.45) is 4.66. The van der Waals surface area contributed by atoms with E-state index in [0.29, 0.717) is 6.17 Å². The third kappa shape index (κ3) is 1.85. The molecule has 1 aliphatic heterocycles. The van der Waals surface area contributed by atoms with Crippen LogP contribution >= 0.6 is 22.6 Å². The van der Waals surface area contributed by atoms with Gasteiger partial charge in [0, 0.05) is 28.7 Å². The zero-order valence-electron chi connectivity index (χ0n) is 9.24. The SMILES string of the molecule is Cc1c(I)cccc1N1C=CN(C)[C@@H]1C. The van der Waals surface area contributed by atoms with Crippen molar-refractivity contribution in [3.63, 3.8) is 0 Å². The third-order valence-corrected chi connectivity index (χ3v) is 4.14. The van der Waals surface area contributed by atoms with E-state index < -0.39 is 0 Å². The molecule has 2 nitrogen and oxygen atoms in total. The van der Waals surface area contributed by atoms with Gasteiger partial charge in [-0.1, -0.05) is 6.07 Å². The molecular formula is C12H15IN2. The third-order valence-electron chi connectivity index (χ3n) is 2.97. The summed E-state index contributed by atoms with van der Waals surface area (Å²) in [6, 6.07) is 6.44. The number of nitrogens with zero attached hydrogens (tertiary/aromatic N) is 2. The van der Waals surface area contributed by atoms with Crippen LogP contribution in [0.2, 0.25) is 0 Å². The Hall–Kier alpha value is -0.710. The Morgan fingerprint density at radius 1 is 1.27 bits per heavy atom. The van der Waals surface area contributed by atoms with Gasteiger partial charge < -0.3 is 9.80 Å². The lowest BCUT2D eigenvalue weighted by Crippen LogP contribution is -2.33. The van der Waals surface area contributed by atoms with Gasteiger partial charge in [0.2, 0.25) is 0 Å². The van der Waals surface area contributed by atoms with Crippen LogP contribution in [0.25, 0.3) is 0 Å². The lowest BCUT2D eigenvalue weighted by molar-refractivity contribution is 0.383. The minimum absolute atomic E-state index is 0.405. The molecule has 1 atom stereocenters. The summed E-state index contributed by atoms with van der Waals surface area (Å²) >= 11 is 2.38. The van der Waals surface area contributed by atoms with Gasteiger partial charge >= 0.3 is 0 Å². The molecule has 0 bridgehead atoms. The van der Waals surface area contributed by atoms with Crippen LogP contribution < -0.4 is 4.90 Å². The molecule has 0 aromatic heterocycles. The molecule has 1 aromatic carbocycles. The van der Waals surface area contributed by atoms with Gasteiger partial charge in [-0.3, -0.25) is 0 Å². The van der Waals surface area contributed by atoms with Crippen LogP contribution in [0.3, 0.4) is 0 Å². The van der Waals surface area contributed by atoms with E-state index in [9.17, 15) is 0 Å². The Balaban J connectivity index is 2.39. The van der Waals surface area contributed by atoms with Crippen molar-refractivity contribution in [2.45, 2.75) is 20.0 Å². The van der Waals surface area contributed by atoms with Gasteiger partial charge in [-0.15, -0.1) is 0 Å². The number of anilines is 1. The number of benzene rings is 1. The second-order valence-electron chi connectivity index (χ2n) is 3.89. The monoisotopic (exact) mass is 314 g/mol. The maximum absolute atomic E-state index is 2.38. The first-order valence-corrected chi connectivity index (χ1v) is 6.13. The molecule has 3 heteroatoms. The number of halogens is 1. The number of hydrogen-bond acceptors (Lipinski definition) is 2. The molecule has 80 valence electrons. The van der Waals surface area contributed by atoms with E-state index >= 15 is 0 Å². The van der Waals surface area contributed by atoms with E-state index in [1.54, 1.807) is 0 Å². The van der Waals surface area contributed by atoms with E-state index in [1.165, 1.54) is 14.8 Å². The smallest absolute Gasteiger partial charge is 0.102 e. The van der Waals surface area contributed by atoms with Crippen LogP contribution in [0, 0.1) is 10.5 Å². The van der Waals surface area contributed by atoms with Gasteiger partial charge in [0.15, 0.2) is 0 Å². The molecule has 0 aliphatic carbocycles. The first-order valence-electron chi connectivity index (χ1n) is 5.05.